The van der Waals surface area contributed by atoms with Crippen LogP contribution in [0, 0.1) is 0 Å². The fourth-order valence-corrected chi connectivity index (χ4v) is 7.29. The van der Waals surface area contributed by atoms with Crippen molar-refractivity contribution in [2.24, 2.45) is 0 Å². The second-order valence-corrected chi connectivity index (χ2v) is 10.9. The highest BCUT2D eigenvalue weighted by molar-refractivity contribution is 8.02. The first-order valence-electron chi connectivity index (χ1n) is 9.59. The van der Waals surface area contributed by atoms with E-state index in [1.807, 2.05) is 24.3 Å². The van der Waals surface area contributed by atoms with Gasteiger partial charge in [0.15, 0.2) is 9.84 Å². The number of rotatable bonds is 5. The molecule has 1 atom stereocenters. The van der Waals surface area contributed by atoms with E-state index < -0.39 is 9.84 Å². The lowest BCUT2D eigenvalue weighted by Gasteiger charge is -2.17. The molecule has 2 aromatic carbocycles. The zero-order valence-corrected chi connectivity index (χ0v) is 17.5. The SMILES string of the molecule is O=C(Nc1cccc(N2CCCC2=O)c1)c1ccccc1SC1CCS(=O)(=O)C1. The van der Waals surface area contributed by atoms with Crippen molar-refractivity contribution in [3.8, 4) is 0 Å². The number of nitrogens with one attached hydrogen (secondary N) is 1. The van der Waals surface area contributed by atoms with Crippen molar-refractivity contribution >= 4 is 44.8 Å². The summed E-state index contributed by atoms with van der Waals surface area (Å²) < 4.78 is 23.5. The Morgan fingerprint density at radius 3 is 2.69 bits per heavy atom. The Balaban J connectivity index is 1.50. The van der Waals surface area contributed by atoms with Gasteiger partial charge in [-0.15, -0.1) is 11.8 Å². The van der Waals surface area contributed by atoms with Crippen molar-refractivity contribution in [2.75, 3.05) is 28.3 Å². The van der Waals surface area contributed by atoms with Crippen molar-refractivity contribution in [2.45, 2.75) is 29.4 Å². The summed E-state index contributed by atoms with van der Waals surface area (Å²) in [5, 5.41) is 2.88. The molecule has 1 unspecified atom stereocenters. The molecule has 2 saturated heterocycles. The lowest BCUT2D eigenvalue weighted by molar-refractivity contribution is -0.117. The first-order valence-corrected chi connectivity index (χ1v) is 12.3. The van der Waals surface area contributed by atoms with Crippen LogP contribution in [0.4, 0.5) is 11.4 Å². The molecule has 2 heterocycles. The molecule has 152 valence electrons. The van der Waals surface area contributed by atoms with Gasteiger partial charge in [0, 0.05) is 34.5 Å². The molecule has 0 bridgehead atoms. The molecule has 2 aromatic rings. The Labute approximate surface area is 174 Å². The number of hydrogen-bond donors (Lipinski definition) is 1. The lowest BCUT2D eigenvalue weighted by atomic mass is 10.2. The van der Waals surface area contributed by atoms with Crippen LogP contribution >= 0.6 is 11.8 Å². The Morgan fingerprint density at radius 2 is 1.97 bits per heavy atom. The van der Waals surface area contributed by atoms with Crippen LogP contribution in [0.1, 0.15) is 29.6 Å². The van der Waals surface area contributed by atoms with Crippen LogP contribution in [0.15, 0.2) is 53.4 Å². The van der Waals surface area contributed by atoms with Gasteiger partial charge in [0.2, 0.25) is 5.91 Å². The van der Waals surface area contributed by atoms with E-state index in [4.69, 9.17) is 0 Å². The van der Waals surface area contributed by atoms with E-state index in [1.165, 1.54) is 11.8 Å². The summed E-state index contributed by atoms with van der Waals surface area (Å²) in [5.74, 6) is 0.209. The van der Waals surface area contributed by atoms with Gasteiger partial charge in [0.25, 0.3) is 5.91 Å². The summed E-state index contributed by atoms with van der Waals surface area (Å²) in [6.07, 6.45) is 2.00. The summed E-state index contributed by atoms with van der Waals surface area (Å²) in [7, 11) is -2.97. The van der Waals surface area contributed by atoms with E-state index in [9.17, 15) is 18.0 Å². The van der Waals surface area contributed by atoms with Gasteiger partial charge in [-0.05, 0) is 43.2 Å². The average Bonchev–Trinajstić information content (AvgIpc) is 3.27. The van der Waals surface area contributed by atoms with Crippen LogP contribution in [-0.4, -0.2) is 43.5 Å². The summed E-state index contributed by atoms with van der Waals surface area (Å²) in [6.45, 7) is 0.694. The number of hydrogen-bond acceptors (Lipinski definition) is 5. The minimum atomic E-state index is -2.97. The smallest absolute Gasteiger partial charge is 0.256 e. The third kappa shape index (κ3) is 4.64. The minimum Gasteiger partial charge on any atom is -0.322 e. The second kappa shape index (κ2) is 8.20. The van der Waals surface area contributed by atoms with Crippen LogP contribution in [-0.2, 0) is 14.6 Å². The molecule has 0 spiro atoms. The monoisotopic (exact) mass is 430 g/mol. The van der Waals surface area contributed by atoms with Gasteiger partial charge >= 0.3 is 0 Å². The summed E-state index contributed by atoms with van der Waals surface area (Å²) in [6, 6.07) is 14.5. The van der Waals surface area contributed by atoms with Gasteiger partial charge in [0.05, 0.1) is 17.1 Å². The standard InChI is InChI=1S/C21H22N2O4S2/c24-20-9-4-11-23(20)16-6-3-5-15(13-16)22-21(25)18-7-1-2-8-19(18)28-17-10-12-29(26,27)14-17/h1-3,5-8,13,17H,4,9-12,14H2,(H,22,25). The first kappa shape index (κ1) is 20.0. The summed E-state index contributed by atoms with van der Waals surface area (Å²) in [4.78, 5) is 27.4. The van der Waals surface area contributed by atoms with Crippen LogP contribution in [0.3, 0.4) is 0 Å². The van der Waals surface area contributed by atoms with Crippen LogP contribution in [0.5, 0.6) is 0 Å². The molecule has 0 aliphatic carbocycles. The average molecular weight is 431 g/mol. The van der Waals surface area contributed by atoms with Gasteiger partial charge in [-0.1, -0.05) is 18.2 Å². The highest BCUT2D eigenvalue weighted by Crippen LogP contribution is 2.33. The molecule has 2 fully saturated rings. The highest BCUT2D eigenvalue weighted by atomic mass is 32.2. The molecular weight excluding hydrogens is 408 g/mol. The number of carbonyl (C=O) groups excluding carboxylic acids is 2. The summed E-state index contributed by atoms with van der Waals surface area (Å²) >= 11 is 1.45. The molecule has 2 amide bonds. The van der Waals surface area contributed by atoms with Gasteiger partial charge < -0.3 is 10.2 Å². The maximum Gasteiger partial charge on any atom is 0.256 e. The van der Waals surface area contributed by atoms with Gasteiger partial charge in [-0.3, -0.25) is 9.59 Å². The van der Waals surface area contributed by atoms with Crippen molar-refractivity contribution < 1.29 is 18.0 Å². The molecule has 0 radical (unpaired) electrons. The van der Waals surface area contributed by atoms with Crippen LogP contribution in [0.25, 0.3) is 0 Å². The highest BCUT2D eigenvalue weighted by Gasteiger charge is 2.29. The molecule has 0 aromatic heterocycles. The summed E-state index contributed by atoms with van der Waals surface area (Å²) in [5.41, 5.74) is 1.92. The number of sulfone groups is 1. The minimum absolute atomic E-state index is 0.0292. The Hall–Kier alpha value is -2.32. The molecule has 2 aliphatic rings. The number of anilines is 2. The maximum atomic E-state index is 12.9. The van der Waals surface area contributed by atoms with E-state index in [2.05, 4.69) is 5.32 Å². The van der Waals surface area contributed by atoms with Crippen molar-refractivity contribution in [3.63, 3.8) is 0 Å². The normalized spacial score (nSPS) is 20.8. The van der Waals surface area contributed by atoms with Crippen molar-refractivity contribution in [1.29, 1.82) is 0 Å². The predicted molar refractivity (Wildman–Crippen MR) is 115 cm³/mol. The van der Waals surface area contributed by atoms with E-state index in [0.717, 1.165) is 17.0 Å². The predicted octanol–water partition coefficient (Wildman–Crippen LogP) is 3.34. The number of nitrogens with zero attached hydrogens (tertiary/aromatic N) is 1. The number of amides is 2. The molecule has 8 heteroatoms. The molecule has 1 N–H and O–H groups in total. The van der Waals surface area contributed by atoms with Crippen LogP contribution in [0.2, 0.25) is 0 Å². The van der Waals surface area contributed by atoms with E-state index in [1.54, 1.807) is 29.2 Å². The Bertz CT molecular complexity index is 1050. The number of benzene rings is 2. The van der Waals surface area contributed by atoms with Crippen molar-refractivity contribution in [3.05, 3.63) is 54.1 Å². The third-order valence-electron chi connectivity index (χ3n) is 5.11. The Morgan fingerprint density at radius 1 is 1.14 bits per heavy atom. The second-order valence-electron chi connectivity index (χ2n) is 7.29. The van der Waals surface area contributed by atoms with E-state index in [-0.39, 0.29) is 28.6 Å². The Kier molecular flexibility index (Phi) is 5.65. The van der Waals surface area contributed by atoms with Crippen molar-refractivity contribution in [1.82, 2.24) is 0 Å². The topological polar surface area (TPSA) is 83.6 Å². The van der Waals surface area contributed by atoms with Gasteiger partial charge in [-0.25, -0.2) is 8.42 Å². The zero-order chi connectivity index (χ0) is 20.4. The molecule has 29 heavy (non-hydrogen) atoms. The zero-order valence-electron chi connectivity index (χ0n) is 15.8. The molecule has 0 saturated carbocycles. The fraction of sp³-hybridized carbons (Fsp3) is 0.333. The van der Waals surface area contributed by atoms with E-state index >= 15 is 0 Å². The first-order chi connectivity index (χ1) is 13.9. The third-order valence-corrected chi connectivity index (χ3v) is 8.43. The molecule has 4 rings (SSSR count). The molecule has 6 nitrogen and oxygen atoms in total. The largest absolute Gasteiger partial charge is 0.322 e. The lowest BCUT2D eigenvalue weighted by Crippen LogP contribution is -2.23. The van der Waals surface area contributed by atoms with Gasteiger partial charge in [0.1, 0.15) is 0 Å². The fourth-order valence-electron chi connectivity index (χ4n) is 3.66. The van der Waals surface area contributed by atoms with Gasteiger partial charge in [-0.2, -0.15) is 0 Å². The number of carbonyl (C=O) groups is 2. The molecular formula is C21H22N2O4S2. The van der Waals surface area contributed by atoms with Crippen LogP contribution < -0.4 is 10.2 Å². The quantitative estimate of drug-likeness (QED) is 0.787. The maximum absolute atomic E-state index is 12.9. The molecule has 2 aliphatic heterocycles. The number of thioether (sulfide) groups is 1. The van der Waals surface area contributed by atoms with E-state index in [0.29, 0.717) is 30.6 Å².